The van der Waals surface area contributed by atoms with Crippen LogP contribution in [0.2, 0.25) is 0 Å². The molecule has 0 aliphatic carbocycles. The van der Waals surface area contributed by atoms with Gasteiger partial charge < -0.3 is 5.32 Å². The molecule has 1 N–H and O–H groups in total. The predicted octanol–water partition coefficient (Wildman–Crippen LogP) is 1.37. The summed E-state index contributed by atoms with van der Waals surface area (Å²) in [6.45, 7) is 4.91. The first kappa shape index (κ1) is 9.82. The number of carbonyl (C=O) groups is 1. The molecule has 60 valence electrons. The van der Waals surface area contributed by atoms with Crippen LogP contribution in [-0.2, 0) is 10.9 Å². The lowest BCUT2D eigenvalue weighted by Gasteiger charge is -1.99. The Balaban J connectivity index is 3.42. The average Bonchev–Trinajstić information content (AvgIpc) is 1.98. The van der Waals surface area contributed by atoms with Gasteiger partial charge in [-0.3, -0.25) is 0 Å². The Morgan fingerprint density at radius 3 is 2.50 bits per heavy atom. The standard InChI is InChI=1S/C7H15NOS/c1-4-6-8-7(9)10(3)5-2/h4-6H2,1-3H3/p+1. The molecule has 0 aromatic carbocycles. The molecule has 0 aliphatic heterocycles. The van der Waals surface area contributed by atoms with E-state index in [1.165, 1.54) is 0 Å². The van der Waals surface area contributed by atoms with Crippen LogP contribution in [0.4, 0.5) is 4.79 Å². The molecule has 2 nitrogen and oxygen atoms in total. The second-order valence-corrected chi connectivity index (χ2v) is 4.36. The molecule has 10 heavy (non-hydrogen) atoms. The van der Waals surface area contributed by atoms with E-state index in [0.717, 1.165) is 18.7 Å². The summed E-state index contributed by atoms with van der Waals surface area (Å²) in [7, 11) is -0.0732. The van der Waals surface area contributed by atoms with Crippen LogP contribution in [0.15, 0.2) is 0 Å². The Hall–Kier alpha value is -0.180. The topological polar surface area (TPSA) is 29.1 Å². The van der Waals surface area contributed by atoms with E-state index in [1.807, 2.05) is 13.2 Å². The molecule has 1 atom stereocenters. The van der Waals surface area contributed by atoms with Crippen LogP contribution in [0.3, 0.4) is 0 Å². The maximum atomic E-state index is 11.0. The van der Waals surface area contributed by atoms with Gasteiger partial charge in [0.1, 0.15) is 12.0 Å². The highest BCUT2D eigenvalue weighted by molar-refractivity contribution is 8.10. The van der Waals surface area contributed by atoms with Gasteiger partial charge in [0.15, 0.2) is 0 Å². The van der Waals surface area contributed by atoms with Gasteiger partial charge in [0.25, 0.3) is 0 Å². The minimum atomic E-state index is -0.0732. The first-order valence-corrected chi connectivity index (χ1v) is 5.43. The molecule has 0 bridgehead atoms. The van der Waals surface area contributed by atoms with Crippen LogP contribution in [0.5, 0.6) is 0 Å². The molecule has 0 aromatic heterocycles. The third-order valence-electron chi connectivity index (χ3n) is 1.27. The molecule has 0 aromatic rings. The van der Waals surface area contributed by atoms with Crippen LogP contribution in [0.1, 0.15) is 20.3 Å². The van der Waals surface area contributed by atoms with E-state index in [2.05, 4.69) is 12.2 Å². The lowest BCUT2D eigenvalue weighted by Crippen LogP contribution is -2.30. The molecule has 0 spiro atoms. The Kier molecular flexibility index (Phi) is 5.49. The average molecular weight is 162 g/mol. The quantitative estimate of drug-likeness (QED) is 0.624. The molecule has 1 amide bonds. The van der Waals surface area contributed by atoms with Gasteiger partial charge >= 0.3 is 5.24 Å². The summed E-state index contributed by atoms with van der Waals surface area (Å²) in [5.41, 5.74) is 0. The van der Waals surface area contributed by atoms with E-state index in [1.54, 1.807) is 0 Å². The van der Waals surface area contributed by atoms with Crippen LogP contribution >= 0.6 is 0 Å². The predicted molar refractivity (Wildman–Crippen MR) is 47.5 cm³/mol. The van der Waals surface area contributed by atoms with Crippen molar-refractivity contribution in [3.63, 3.8) is 0 Å². The van der Waals surface area contributed by atoms with E-state index < -0.39 is 0 Å². The number of hydrogen-bond donors (Lipinski definition) is 1. The van der Waals surface area contributed by atoms with Crippen molar-refractivity contribution in [3.8, 4) is 0 Å². The van der Waals surface area contributed by atoms with Crippen molar-refractivity contribution in [2.24, 2.45) is 0 Å². The zero-order valence-corrected chi connectivity index (χ0v) is 7.75. The summed E-state index contributed by atoms with van der Waals surface area (Å²) < 4.78 is 0. The fourth-order valence-electron chi connectivity index (χ4n) is 0.481. The zero-order valence-electron chi connectivity index (χ0n) is 6.94. The fraction of sp³-hybridized carbons (Fsp3) is 0.857. The minimum absolute atomic E-state index is 0.0732. The van der Waals surface area contributed by atoms with Crippen molar-refractivity contribution < 1.29 is 4.79 Å². The van der Waals surface area contributed by atoms with Gasteiger partial charge in [-0.2, -0.15) is 0 Å². The van der Waals surface area contributed by atoms with Crippen LogP contribution in [-0.4, -0.2) is 23.8 Å². The molecule has 0 heterocycles. The fourth-order valence-corrected chi connectivity index (χ4v) is 1.09. The lowest BCUT2D eigenvalue weighted by atomic mass is 10.5. The Bertz CT molecular complexity index is 106. The van der Waals surface area contributed by atoms with Gasteiger partial charge in [0, 0.05) is 6.54 Å². The highest BCUT2D eigenvalue weighted by atomic mass is 32.2. The minimum Gasteiger partial charge on any atom is -0.311 e. The van der Waals surface area contributed by atoms with Gasteiger partial charge in [-0.15, -0.1) is 0 Å². The molecule has 0 fully saturated rings. The lowest BCUT2D eigenvalue weighted by molar-refractivity contribution is 0.260. The molecular formula is C7H16NOS+. The molecule has 0 radical (unpaired) electrons. The van der Waals surface area contributed by atoms with Gasteiger partial charge in [0.05, 0.1) is 10.9 Å². The zero-order chi connectivity index (χ0) is 7.98. The number of carbonyl (C=O) groups excluding carboxylic acids is 1. The largest absolute Gasteiger partial charge is 0.428 e. The van der Waals surface area contributed by atoms with Crippen molar-refractivity contribution in [1.29, 1.82) is 0 Å². The van der Waals surface area contributed by atoms with E-state index in [0.29, 0.717) is 0 Å². The molecule has 0 aliphatic rings. The Labute approximate surface area is 65.7 Å². The third kappa shape index (κ3) is 3.77. The summed E-state index contributed by atoms with van der Waals surface area (Å²) >= 11 is 0. The van der Waals surface area contributed by atoms with Crippen LogP contribution < -0.4 is 5.32 Å². The highest BCUT2D eigenvalue weighted by Crippen LogP contribution is 1.91. The van der Waals surface area contributed by atoms with Gasteiger partial charge in [-0.1, -0.05) is 6.92 Å². The van der Waals surface area contributed by atoms with Gasteiger partial charge in [-0.25, -0.2) is 4.79 Å². The Morgan fingerprint density at radius 2 is 2.10 bits per heavy atom. The van der Waals surface area contributed by atoms with Crippen LogP contribution in [0.25, 0.3) is 0 Å². The van der Waals surface area contributed by atoms with Gasteiger partial charge in [-0.05, 0) is 13.3 Å². The summed E-state index contributed by atoms with van der Waals surface area (Å²) in [5, 5.41) is 3.07. The van der Waals surface area contributed by atoms with Crippen molar-refractivity contribution in [2.45, 2.75) is 20.3 Å². The molecule has 0 rings (SSSR count). The summed E-state index contributed by atoms with van der Waals surface area (Å²) in [6, 6.07) is 0. The Morgan fingerprint density at radius 1 is 1.50 bits per heavy atom. The number of nitrogens with one attached hydrogen (secondary N) is 1. The summed E-state index contributed by atoms with van der Waals surface area (Å²) in [4.78, 5) is 11.0. The van der Waals surface area contributed by atoms with Crippen molar-refractivity contribution >= 4 is 16.1 Å². The van der Waals surface area contributed by atoms with Crippen LogP contribution in [0, 0.1) is 0 Å². The number of amides is 1. The molecule has 1 unspecified atom stereocenters. The molecular weight excluding hydrogens is 146 g/mol. The van der Waals surface area contributed by atoms with Crippen molar-refractivity contribution in [3.05, 3.63) is 0 Å². The first-order valence-electron chi connectivity index (χ1n) is 3.62. The summed E-state index contributed by atoms with van der Waals surface area (Å²) in [5.74, 6) is 0.954. The molecule has 3 heteroatoms. The second-order valence-electron chi connectivity index (χ2n) is 2.14. The van der Waals surface area contributed by atoms with Crippen molar-refractivity contribution in [2.75, 3.05) is 18.6 Å². The molecule has 0 saturated heterocycles. The first-order chi connectivity index (χ1) is 4.72. The normalized spacial score (nSPS) is 12.7. The van der Waals surface area contributed by atoms with Crippen molar-refractivity contribution in [1.82, 2.24) is 5.32 Å². The highest BCUT2D eigenvalue weighted by Gasteiger charge is 2.18. The monoisotopic (exact) mass is 162 g/mol. The van der Waals surface area contributed by atoms with E-state index >= 15 is 0 Å². The van der Waals surface area contributed by atoms with E-state index in [9.17, 15) is 4.79 Å². The number of rotatable bonds is 3. The molecule has 0 saturated carbocycles. The third-order valence-corrected chi connectivity index (χ3v) is 2.91. The maximum absolute atomic E-state index is 11.0. The summed E-state index contributed by atoms with van der Waals surface area (Å²) in [6.07, 6.45) is 3.00. The maximum Gasteiger partial charge on any atom is 0.428 e. The smallest absolute Gasteiger partial charge is 0.311 e. The van der Waals surface area contributed by atoms with E-state index in [-0.39, 0.29) is 16.1 Å². The van der Waals surface area contributed by atoms with Gasteiger partial charge in [0.2, 0.25) is 0 Å². The SMILES string of the molecule is CCCNC(=O)[S+](C)CC. The number of hydrogen-bond acceptors (Lipinski definition) is 1. The second kappa shape index (κ2) is 5.59. The van der Waals surface area contributed by atoms with E-state index in [4.69, 9.17) is 0 Å².